The van der Waals surface area contributed by atoms with Gasteiger partial charge in [-0.05, 0) is 36.0 Å². The number of ether oxygens (including phenoxy) is 2. The first-order valence-corrected chi connectivity index (χ1v) is 9.24. The lowest BCUT2D eigenvalue weighted by Gasteiger charge is -2.30. The first kappa shape index (κ1) is 17.0. The Kier molecular flexibility index (Phi) is 5.43. The molecule has 4 rings (SSSR count). The molecular weight excluding hydrogens is 324 g/mol. The second kappa shape index (κ2) is 8.30. The monoisotopic (exact) mass is 348 g/mol. The van der Waals surface area contributed by atoms with E-state index in [1.54, 1.807) is 6.20 Å². The lowest BCUT2D eigenvalue weighted by Crippen LogP contribution is -2.32. The highest BCUT2D eigenvalue weighted by Crippen LogP contribution is 2.23. The quantitative estimate of drug-likeness (QED) is 0.650. The first-order chi connectivity index (χ1) is 12.9. The van der Waals surface area contributed by atoms with Crippen LogP contribution in [0.15, 0.2) is 73.3 Å². The summed E-state index contributed by atoms with van der Waals surface area (Å²) in [6.07, 6.45) is 8.86. The van der Waals surface area contributed by atoms with Gasteiger partial charge in [-0.3, -0.25) is 0 Å². The molecule has 0 N–H and O–H groups in total. The Morgan fingerprint density at radius 2 is 1.81 bits per heavy atom. The number of hydrogen-bond acceptors (Lipinski definition) is 3. The molecule has 0 spiro atoms. The molecule has 4 nitrogen and oxygen atoms in total. The van der Waals surface area contributed by atoms with E-state index in [1.807, 2.05) is 18.6 Å². The van der Waals surface area contributed by atoms with Gasteiger partial charge in [0.1, 0.15) is 0 Å². The van der Waals surface area contributed by atoms with E-state index in [-0.39, 0.29) is 12.4 Å². The van der Waals surface area contributed by atoms with Gasteiger partial charge >= 0.3 is 0 Å². The van der Waals surface area contributed by atoms with E-state index in [0.717, 1.165) is 25.8 Å². The number of nitrogens with zero attached hydrogens (tertiary/aromatic N) is 2. The third-order valence-electron chi connectivity index (χ3n) is 4.78. The summed E-state index contributed by atoms with van der Waals surface area (Å²) < 4.78 is 14.2. The molecule has 2 unspecified atom stereocenters. The Morgan fingerprint density at radius 1 is 1.00 bits per heavy atom. The summed E-state index contributed by atoms with van der Waals surface area (Å²) >= 11 is 0. The van der Waals surface area contributed by atoms with Gasteiger partial charge in [-0.15, -0.1) is 0 Å². The van der Waals surface area contributed by atoms with Crippen LogP contribution in [0.2, 0.25) is 0 Å². The van der Waals surface area contributed by atoms with Gasteiger partial charge in [-0.2, -0.15) is 0 Å². The Morgan fingerprint density at radius 3 is 2.58 bits per heavy atom. The lowest BCUT2D eigenvalue weighted by atomic mass is 10.0. The van der Waals surface area contributed by atoms with Crippen LogP contribution in [0.25, 0.3) is 11.1 Å². The van der Waals surface area contributed by atoms with Crippen molar-refractivity contribution in [1.82, 2.24) is 9.55 Å². The van der Waals surface area contributed by atoms with E-state index in [0.29, 0.717) is 6.61 Å². The molecular formula is C22H24N2O2. The smallest absolute Gasteiger partial charge is 0.158 e. The zero-order valence-corrected chi connectivity index (χ0v) is 14.8. The van der Waals surface area contributed by atoms with Crippen LogP contribution >= 0.6 is 0 Å². The maximum Gasteiger partial charge on any atom is 0.158 e. The van der Waals surface area contributed by atoms with Gasteiger partial charge in [0.05, 0.1) is 19.0 Å². The minimum Gasteiger partial charge on any atom is -0.348 e. The fraction of sp³-hybridized carbons (Fsp3) is 0.318. The van der Waals surface area contributed by atoms with Crippen molar-refractivity contribution in [1.29, 1.82) is 0 Å². The summed E-state index contributed by atoms with van der Waals surface area (Å²) in [6, 6.07) is 19.0. The molecule has 1 aliphatic heterocycles. The van der Waals surface area contributed by atoms with Crippen molar-refractivity contribution in [3.8, 4) is 11.1 Å². The molecule has 0 saturated carbocycles. The highest BCUT2D eigenvalue weighted by atomic mass is 16.7. The van der Waals surface area contributed by atoms with Crippen molar-refractivity contribution in [2.45, 2.75) is 44.8 Å². The molecule has 4 heteroatoms. The fourth-order valence-corrected chi connectivity index (χ4v) is 3.36. The van der Waals surface area contributed by atoms with Crippen LogP contribution in [-0.4, -0.2) is 21.9 Å². The third kappa shape index (κ3) is 4.40. The summed E-state index contributed by atoms with van der Waals surface area (Å²) in [5.41, 5.74) is 3.63. The SMILES string of the molecule is c1ccc(-c2ccc(COC3CCCC(Cn4ccnc4)O3)cc2)cc1. The number of hydrogen-bond donors (Lipinski definition) is 0. The van der Waals surface area contributed by atoms with Crippen molar-refractivity contribution < 1.29 is 9.47 Å². The minimum atomic E-state index is -0.119. The number of imidazole rings is 1. The molecule has 134 valence electrons. The molecule has 3 aromatic rings. The highest BCUT2D eigenvalue weighted by molar-refractivity contribution is 5.63. The number of aromatic nitrogens is 2. The van der Waals surface area contributed by atoms with Crippen molar-refractivity contribution in [3.63, 3.8) is 0 Å². The molecule has 26 heavy (non-hydrogen) atoms. The van der Waals surface area contributed by atoms with Crippen LogP contribution < -0.4 is 0 Å². The van der Waals surface area contributed by atoms with E-state index in [2.05, 4.69) is 58.1 Å². The topological polar surface area (TPSA) is 36.3 Å². The van der Waals surface area contributed by atoms with Gasteiger partial charge in [0, 0.05) is 18.9 Å². The standard InChI is InChI=1S/C22H24N2O2/c1-2-5-19(6-3-1)20-11-9-18(10-12-20)16-25-22-8-4-7-21(26-22)15-24-14-13-23-17-24/h1-3,5-6,9-14,17,21-22H,4,7-8,15-16H2. The normalized spacial score (nSPS) is 20.2. The first-order valence-electron chi connectivity index (χ1n) is 9.24. The zero-order chi connectivity index (χ0) is 17.6. The van der Waals surface area contributed by atoms with E-state index < -0.39 is 0 Å². The molecule has 2 atom stereocenters. The molecule has 2 heterocycles. The molecule has 2 aromatic carbocycles. The Bertz CT molecular complexity index is 785. The van der Waals surface area contributed by atoms with E-state index in [4.69, 9.17) is 9.47 Å². The number of benzene rings is 2. The maximum atomic E-state index is 6.10. The Balaban J connectivity index is 1.29. The fourth-order valence-electron chi connectivity index (χ4n) is 3.36. The summed E-state index contributed by atoms with van der Waals surface area (Å²) in [4.78, 5) is 4.09. The van der Waals surface area contributed by atoms with Crippen molar-refractivity contribution in [2.24, 2.45) is 0 Å². The summed E-state index contributed by atoms with van der Waals surface area (Å²) in [7, 11) is 0. The van der Waals surface area contributed by atoms with Gasteiger partial charge in [0.15, 0.2) is 6.29 Å². The van der Waals surface area contributed by atoms with Crippen molar-refractivity contribution >= 4 is 0 Å². The van der Waals surface area contributed by atoms with Gasteiger partial charge in [0.25, 0.3) is 0 Å². The summed E-state index contributed by atoms with van der Waals surface area (Å²) in [6.45, 7) is 1.42. The van der Waals surface area contributed by atoms with Crippen LogP contribution in [-0.2, 0) is 22.6 Å². The van der Waals surface area contributed by atoms with Crippen LogP contribution in [0.4, 0.5) is 0 Å². The molecule has 0 radical (unpaired) electrons. The molecule has 1 aromatic heterocycles. The predicted octanol–water partition coefficient (Wildman–Crippen LogP) is 4.66. The lowest BCUT2D eigenvalue weighted by molar-refractivity contribution is -0.201. The summed E-state index contributed by atoms with van der Waals surface area (Å²) in [5.74, 6) is 0. The van der Waals surface area contributed by atoms with Crippen LogP contribution in [0, 0.1) is 0 Å². The third-order valence-corrected chi connectivity index (χ3v) is 4.78. The number of rotatable bonds is 6. The molecule has 1 fully saturated rings. The zero-order valence-electron chi connectivity index (χ0n) is 14.8. The average molecular weight is 348 g/mol. The Hall–Kier alpha value is -2.43. The van der Waals surface area contributed by atoms with Crippen molar-refractivity contribution in [3.05, 3.63) is 78.9 Å². The van der Waals surface area contributed by atoms with Crippen LogP contribution in [0.3, 0.4) is 0 Å². The van der Waals surface area contributed by atoms with Gasteiger partial charge in [0.2, 0.25) is 0 Å². The highest BCUT2D eigenvalue weighted by Gasteiger charge is 2.23. The largest absolute Gasteiger partial charge is 0.348 e. The van der Waals surface area contributed by atoms with Crippen LogP contribution in [0.1, 0.15) is 24.8 Å². The minimum absolute atomic E-state index is 0.119. The molecule has 1 aliphatic rings. The van der Waals surface area contributed by atoms with E-state index in [1.165, 1.54) is 16.7 Å². The molecule has 0 amide bonds. The van der Waals surface area contributed by atoms with Gasteiger partial charge in [-0.1, -0.05) is 54.6 Å². The maximum absolute atomic E-state index is 6.10. The van der Waals surface area contributed by atoms with Crippen LogP contribution in [0.5, 0.6) is 0 Å². The van der Waals surface area contributed by atoms with E-state index >= 15 is 0 Å². The second-order valence-corrected chi connectivity index (χ2v) is 6.75. The average Bonchev–Trinajstić information content (AvgIpc) is 3.21. The predicted molar refractivity (Wildman–Crippen MR) is 101 cm³/mol. The van der Waals surface area contributed by atoms with Crippen molar-refractivity contribution in [2.75, 3.05) is 0 Å². The molecule has 0 bridgehead atoms. The Labute approximate surface area is 154 Å². The molecule has 0 aliphatic carbocycles. The second-order valence-electron chi connectivity index (χ2n) is 6.75. The molecule has 1 saturated heterocycles. The summed E-state index contributed by atoms with van der Waals surface area (Å²) in [5, 5.41) is 0. The van der Waals surface area contributed by atoms with Gasteiger partial charge < -0.3 is 14.0 Å². The van der Waals surface area contributed by atoms with E-state index in [9.17, 15) is 0 Å². The van der Waals surface area contributed by atoms with Gasteiger partial charge in [-0.25, -0.2) is 4.98 Å².